The first-order valence-electron chi connectivity index (χ1n) is 3.12. The van der Waals surface area contributed by atoms with Crippen molar-refractivity contribution in [2.75, 3.05) is 13.1 Å². The van der Waals surface area contributed by atoms with Crippen LogP contribution in [0, 0.1) is 0 Å². The third kappa shape index (κ3) is 5.96. The number of hydrogen-bond acceptors (Lipinski definition) is 1. The van der Waals surface area contributed by atoms with Crippen LogP contribution in [0.4, 0.5) is 0 Å². The molecule has 1 aliphatic heterocycles. The second-order valence-corrected chi connectivity index (χ2v) is 1.81. The zero-order valence-corrected chi connectivity index (χ0v) is 5.33. The van der Waals surface area contributed by atoms with Gasteiger partial charge in [-0.1, -0.05) is 20.3 Å². The summed E-state index contributed by atoms with van der Waals surface area (Å²) in [7, 11) is 0. The van der Waals surface area contributed by atoms with Gasteiger partial charge in [0.2, 0.25) is 0 Å². The molecular weight excluding hydrogens is 86.1 g/mol. The zero-order valence-electron chi connectivity index (χ0n) is 5.33. The van der Waals surface area contributed by atoms with Crippen LogP contribution in [0.25, 0.3) is 0 Å². The van der Waals surface area contributed by atoms with Crippen molar-refractivity contribution in [2.45, 2.75) is 26.7 Å². The van der Waals surface area contributed by atoms with E-state index in [1.807, 2.05) is 0 Å². The quantitative estimate of drug-likeness (QED) is 0.486. The van der Waals surface area contributed by atoms with E-state index >= 15 is 0 Å². The molecule has 0 radical (unpaired) electrons. The highest BCUT2D eigenvalue weighted by atomic mass is 14.9. The Morgan fingerprint density at radius 2 is 1.43 bits per heavy atom. The summed E-state index contributed by atoms with van der Waals surface area (Å²) in [6.07, 6.45) is 2.64. The molecule has 0 aromatic carbocycles. The van der Waals surface area contributed by atoms with Gasteiger partial charge in [0.25, 0.3) is 0 Å². The van der Waals surface area contributed by atoms with Gasteiger partial charge in [-0.15, -0.1) is 0 Å². The molecule has 0 atom stereocenters. The highest BCUT2D eigenvalue weighted by Gasteiger charge is 1.92. The Morgan fingerprint density at radius 1 is 1.29 bits per heavy atom. The van der Waals surface area contributed by atoms with E-state index in [9.17, 15) is 0 Å². The van der Waals surface area contributed by atoms with E-state index in [0.29, 0.717) is 0 Å². The summed E-state index contributed by atoms with van der Waals surface area (Å²) in [5.74, 6) is 0. The first kappa shape index (κ1) is 6.96. The van der Waals surface area contributed by atoms with Crippen LogP contribution in [0.3, 0.4) is 0 Å². The average molecular weight is 101 g/mol. The van der Waals surface area contributed by atoms with Gasteiger partial charge in [-0.3, -0.25) is 0 Å². The molecule has 1 nitrogen and oxygen atoms in total. The molecular formula is C6H15N. The van der Waals surface area contributed by atoms with E-state index < -0.39 is 0 Å². The van der Waals surface area contributed by atoms with Crippen LogP contribution in [0.2, 0.25) is 0 Å². The molecule has 1 N–H and O–H groups in total. The van der Waals surface area contributed by atoms with Gasteiger partial charge in [0.1, 0.15) is 0 Å². The molecule has 1 heteroatoms. The summed E-state index contributed by atoms with van der Waals surface area (Å²) in [6, 6.07) is 0. The molecule has 1 heterocycles. The molecule has 0 aromatic rings. The van der Waals surface area contributed by atoms with Crippen LogP contribution in [-0.2, 0) is 0 Å². The van der Waals surface area contributed by atoms with Crippen molar-refractivity contribution in [3.8, 4) is 0 Å². The minimum absolute atomic E-state index is 1.25. The van der Waals surface area contributed by atoms with Crippen molar-refractivity contribution in [1.82, 2.24) is 5.32 Å². The molecule has 0 unspecified atom stereocenters. The van der Waals surface area contributed by atoms with Crippen LogP contribution >= 0.6 is 0 Å². The molecule has 1 aliphatic rings. The monoisotopic (exact) mass is 101 g/mol. The Labute approximate surface area is 46.1 Å². The normalized spacial score (nSPS) is 16.3. The van der Waals surface area contributed by atoms with Crippen molar-refractivity contribution in [1.29, 1.82) is 0 Å². The highest BCUT2D eigenvalue weighted by molar-refractivity contribution is 4.56. The Bertz CT molecular complexity index is 19.4. The summed E-state index contributed by atoms with van der Waals surface area (Å²) in [4.78, 5) is 0. The van der Waals surface area contributed by atoms with Crippen molar-refractivity contribution in [3.63, 3.8) is 0 Å². The fourth-order valence-corrected chi connectivity index (χ4v) is 0.177. The molecule has 7 heavy (non-hydrogen) atoms. The first-order chi connectivity index (χ1) is 3.41. The van der Waals surface area contributed by atoms with Gasteiger partial charge in [0, 0.05) is 0 Å². The maximum atomic E-state index is 3.11. The lowest BCUT2D eigenvalue weighted by Gasteiger charge is -2.09. The van der Waals surface area contributed by atoms with Crippen molar-refractivity contribution in [3.05, 3.63) is 0 Å². The minimum Gasteiger partial charge on any atom is -0.317 e. The van der Waals surface area contributed by atoms with E-state index in [1.165, 1.54) is 25.9 Å². The highest BCUT2D eigenvalue weighted by Crippen LogP contribution is 1.80. The van der Waals surface area contributed by atoms with E-state index in [-0.39, 0.29) is 0 Å². The van der Waals surface area contributed by atoms with Crippen LogP contribution < -0.4 is 5.32 Å². The Morgan fingerprint density at radius 3 is 1.43 bits per heavy atom. The third-order valence-corrected chi connectivity index (χ3v) is 0.707. The molecule has 0 aromatic heterocycles. The summed E-state index contributed by atoms with van der Waals surface area (Å²) in [6.45, 7) is 6.75. The van der Waals surface area contributed by atoms with Gasteiger partial charge in [0.15, 0.2) is 0 Å². The molecule has 1 rings (SSSR count). The predicted molar refractivity (Wildman–Crippen MR) is 33.5 cm³/mol. The lowest BCUT2D eigenvalue weighted by molar-refractivity contribution is 0.527. The second kappa shape index (κ2) is 5.96. The minimum atomic E-state index is 1.25. The standard InChI is InChI=1S/C3H7N.C3H8/c1-2-4-3-1;1-3-2/h4H,1-3H2;3H2,1-2H3. The van der Waals surface area contributed by atoms with E-state index in [0.717, 1.165) is 0 Å². The zero-order chi connectivity index (χ0) is 5.54. The smallest absolute Gasteiger partial charge is 0.00368 e. The molecule has 1 fully saturated rings. The molecule has 44 valence electrons. The van der Waals surface area contributed by atoms with Crippen LogP contribution in [0.1, 0.15) is 26.7 Å². The lowest BCUT2D eigenvalue weighted by Crippen LogP contribution is -2.29. The SMILES string of the molecule is C1CNC1.CCC. The summed E-state index contributed by atoms with van der Waals surface area (Å²) < 4.78 is 0. The van der Waals surface area contributed by atoms with Gasteiger partial charge in [-0.25, -0.2) is 0 Å². The number of hydrogen-bond donors (Lipinski definition) is 1. The van der Waals surface area contributed by atoms with Crippen molar-refractivity contribution in [2.24, 2.45) is 0 Å². The van der Waals surface area contributed by atoms with Crippen LogP contribution in [-0.4, -0.2) is 13.1 Å². The molecule has 0 saturated carbocycles. The molecule has 0 amide bonds. The first-order valence-corrected chi connectivity index (χ1v) is 3.12. The van der Waals surface area contributed by atoms with Gasteiger partial charge < -0.3 is 5.32 Å². The Hall–Kier alpha value is -0.0400. The van der Waals surface area contributed by atoms with E-state index in [4.69, 9.17) is 0 Å². The summed E-state index contributed by atoms with van der Waals surface area (Å²) in [5, 5.41) is 3.11. The molecule has 1 saturated heterocycles. The topological polar surface area (TPSA) is 12.0 Å². The van der Waals surface area contributed by atoms with Crippen LogP contribution in [0.5, 0.6) is 0 Å². The maximum absolute atomic E-state index is 3.11. The molecule has 0 spiro atoms. The molecule has 0 aliphatic carbocycles. The Balaban J connectivity index is 0.000000110. The van der Waals surface area contributed by atoms with E-state index in [1.54, 1.807) is 0 Å². The molecule has 0 bridgehead atoms. The summed E-state index contributed by atoms with van der Waals surface area (Å²) in [5.41, 5.74) is 0. The van der Waals surface area contributed by atoms with Gasteiger partial charge in [-0.05, 0) is 19.5 Å². The van der Waals surface area contributed by atoms with Gasteiger partial charge >= 0.3 is 0 Å². The lowest BCUT2D eigenvalue weighted by atomic mass is 10.3. The Kier molecular flexibility index (Phi) is 5.93. The van der Waals surface area contributed by atoms with Gasteiger partial charge in [-0.2, -0.15) is 0 Å². The fraction of sp³-hybridized carbons (Fsp3) is 1.00. The predicted octanol–water partition coefficient (Wildman–Crippen LogP) is 1.40. The second-order valence-electron chi connectivity index (χ2n) is 1.81. The average Bonchev–Trinajstić information content (AvgIpc) is 1.27. The van der Waals surface area contributed by atoms with Crippen molar-refractivity contribution < 1.29 is 0 Å². The largest absolute Gasteiger partial charge is 0.317 e. The third-order valence-electron chi connectivity index (χ3n) is 0.707. The summed E-state index contributed by atoms with van der Waals surface area (Å²) >= 11 is 0. The van der Waals surface area contributed by atoms with E-state index in [2.05, 4.69) is 19.2 Å². The van der Waals surface area contributed by atoms with Crippen molar-refractivity contribution >= 4 is 0 Å². The maximum Gasteiger partial charge on any atom is -0.00368 e. The number of rotatable bonds is 0. The fourth-order valence-electron chi connectivity index (χ4n) is 0.177. The van der Waals surface area contributed by atoms with Crippen LogP contribution in [0.15, 0.2) is 0 Å². The van der Waals surface area contributed by atoms with Gasteiger partial charge in [0.05, 0.1) is 0 Å². The number of nitrogens with one attached hydrogen (secondary N) is 1.